The summed E-state index contributed by atoms with van der Waals surface area (Å²) in [7, 11) is 1.86. The molecular weight excluding hydrogens is 380 g/mol. The summed E-state index contributed by atoms with van der Waals surface area (Å²) in [5.41, 5.74) is 3.78. The molecule has 0 aliphatic carbocycles. The maximum Gasteiger partial charge on any atom is 0.308 e. The summed E-state index contributed by atoms with van der Waals surface area (Å²) in [5, 5.41) is 3.47. The van der Waals surface area contributed by atoms with E-state index in [1.54, 1.807) is 6.92 Å². The van der Waals surface area contributed by atoms with E-state index in [0.717, 1.165) is 22.0 Å². The number of carbonyl (C=O) groups is 3. The third-order valence-corrected chi connectivity index (χ3v) is 5.29. The van der Waals surface area contributed by atoms with Crippen molar-refractivity contribution in [2.45, 2.75) is 33.2 Å². The first-order chi connectivity index (χ1) is 14.3. The summed E-state index contributed by atoms with van der Waals surface area (Å²) >= 11 is 0. The van der Waals surface area contributed by atoms with Crippen LogP contribution in [0.3, 0.4) is 0 Å². The molecule has 1 heterocycles. The summed E-state index contributed by atoms with van der Waals surface area (Å²) < 4.78 is 6.94. The van der Waals surface area contributed by atoms with Gasteiger partial charge in [-0.1, -0.05) is 48.0 Å². The van der Waals surface area contributed by atoms with Crippen LogP contribution in [0.1, 0.15) is 46.6 Å². The molecule has 0 spiro atoms. The minimum atomic E-state index is -0.746. The number of Topliss-reactive ketones (excluding diaryl/α,β-unsaturated/α-hetero) is 1. The maximum atomic E-state index is 13.1. The summed E-state index contributed by atoms with van der Waals surface area (Å²) in [5.74, 6) is -1.80. The number of carbonyl (C=O) groups excluding carboxylic acids is 3. The molecule has 0 aliphatic heterocycles. The zero-order chi connectivity index (χ0) is 21.8. The van der Waals surface area contributed by atoms with Crippen LogP contribution < -0.4 is 5.32 Å². The highest BCUT2D eigenvalue weighted by atomic mass is 16.5. The van der Waals surface area contributed by atoms with Crippen molar-refractivity contribution in [1.82, 2.24) is 9.88 Å². The highest BCUT2D eigenvalue weighted by molar-refractivity contribution is 6.45. The minimum absolute atomic E-state index is 0.0512. The van der Waals surface area contributed by atoms with Gasteiger partial charge in [0.2, 0.25) is 0 Å². The molecule has 1 unspecified atom stereocenters. The number of nitrogens with one attached hydrogen (secondary N) is 1. The number of hydrogen-bond donors (Lipinski definition) is 1. The lowest BCUT2D eigenvalue weighted by Crippen LogP contribution is -2.36. The van der Waals surface area contributed by atoms with Gasteiger partial charge in [0.05, 0.1) is 24.6 Å². The topological polar surface area (TPSA) is 77.4 Å². The largest absolute Gasteiger partial charge is 0.466 e. The van der Waals surface area contributed by atoms with Crippen molar-refractivity contribution in [2.75, 3.05) is 6.61 Å². The molecule has 1 amide bonds. The lowest BCUT2D eigenvalue weighted by molar-refractivity contribution is -0.143. The van der Waals surface area contributed by atoms with Crippen molar-refractivity contribution >= 4 is 28.6 Å². The van der Waals surface area contributed by atoms with Gasteiger partial charge in [0, 0.05) is 23.6 Å². The van der Waals surface area contributed by atoms with Crippen molar-refractivity contribution in [3.63, 3.8) is 0 Å². The third kappa shape index (κ3) is 4.27. The van der Waals surface area contributed by atoms with Crippen LogP contribution in [0.5, 0.6) is 0 Å². The van der Waals surface area contributed by atoms with Gasteiger partial charge in [-0.15, -0.1) is 0 Å². The summed E-state index contributed by atoms with van der Waals surface area (Å²) in [4.78, 5) is 38.1. The number of nitrogens with zero attached hydrogens (tertiary/aromatic N) is 1. The standard InChI is InChI=1S/C24H26N2O4/c1-5-30-21(27)14-19(17-12-10-15(2)11-13-17)25-24(29)23(28)22-16(3)26(4)20-9-7-6-8-18(20)22/h6-13,19H,5,14H2,1-4H3,(H,25,29). The highest BCUT2D eigenvalue weighted by Crippen LogP contribution is 2.26. The number of fused-ring (bicyclic) bond motifs is 1. The predicted octanol–water partition coefficient (Wildman–Crippen LogP) is 3.79. The lowest BCUT2D eigenvalue weighted by Gasteiger charge is -2.18. The van der Waals surface area contributed by atoms with Gasteiger partial charge in [0.25, 0.3) is 11.7 Å². The van der Waals surface area contributed by atoms with Gasteiger partial charge in [0.1, 0.15) is 0 Å². The third-order valence-electron chi connectivity index (χ3n) is 5.29. The smallest absolute Gasteiger partial charge is 0.308 e. The molecule has 0 bridgehead atoms. The van der Waals surface area contributed by atoms with Crippen LogP contribution in [-0.4, -0.2) is 28.8 Å². The molecule has 1 atom stereocenters. The number of benzene rings is 2. The van der Waals surface area contributed by atoms with Crippen LogP contribution in [0.2, 0.25) is 0 Å². The first-order valence-electron chi connectivity index (χ1n) is 9.94. The van der Waals surface area contributed by atoms with Crippen LogP contribution in [0.25, 0.3) is 10.9 Å². The van der Waals surface area contributed by atoms with Crippen LogP contribution >= 0.6 is 0 Å². The second kappa shape index (κ2) is 8.95. The Kier molecular flexibility index (Phi) is 6.35. The number of aryl methyl sites for hydroxylation is 2. The second-order valence-electron chi connectivity index (χ2n) is 7.31. The quantitative estimate of drug-likeness (QED) is 0.368. The fourth-order valence-corrected chi connectivity index (χ4v) is 3.58. The van der Waals surface area contributed by atoms with Crippen molar-refractivity contribution in [3.05, 3.63) is 70.9 Å². The minimum Gasteiger partial charge on any atom is -0.466 e. The molecule has 156 valence electrons. The first-order valence-corrected chi connectivity index (χ1v) is 9.94. The molecule has 30 heavy (non-hydrogen) atoms. The van der Waals surface area contributed by atoms with Gasteiger partial charge >= 0.3 is 5.97 Å². The number of amides is 1. The summed E-state index contributed by atoms with van der Waals surface area (Å²) in [6.07, 6.45) is -0.0512. The predicted molar refractivity (Wildman–Crippen MR) is 115 cm³/mol. The van der Waals surface area contributed by atoms with Crippen LogP contribution in [0.15, 0.2) is 48.5 Å². The van der Waals surface area contributed by atoms with Crippen molar-refractivity contribution in [3.8, 4) is 0 Å². The Balaban J connectivity index is 1.90. The molecular formula is C24H26N2O4. The molecule has 3 rings (SSSR count). The number of esters is 1. The zero-order valence-corrected chi connectivity index (χ0v) is 17.7. The molecule has 1 N–H and O–H groups in total. The number of rotatable bonds is 7. The molecule has 0 saturated carbocycles. The fraction of sp³-hybridized carbons (Fsp3) is 0.292. The van der Waals surface area contributed by atoms with E-state index in [4.69, 9.17) is 4.74 Å². The van der Waals surface area contributed by atoms with Crippen molar-refractivity contribution in [1.29, 1.82) is 0 Å². The number of para-hydroxylation sites is 1. The molecule has 0 aliphatic rings. The highest BCUT2D eigenvalue weighted by Gasteiger charge is 2.27. The first kappa shape index (κ1) is 21.3. The Morgan fingerprint density at radius 3 is 2.37 bits per heavy atom. The Bertz CT molecular complexity index is 1100. The molecule has 3 aromatic rings. The molecule has 1 aromatic heterocycles. The van der Waals surface area contributed by atoms with E-state index in [9.17, 15) is 14.4 Å². The van der Waals surface area contributed by atoms with E-state index in [-0.39, 0.29) is 13.0 Å². The second-order valence-corrected chi connectivity index (χ2v) is 7.31. The van der Waals surface area contributed by atoms with Gasteiger partial charge in [-0.05, 0) is 32.4 Å². The number of ketones is 1. The fourth-order valence-electron chi connectivity index (χ4n) is 3.58. The van der Waals surface area contributed by atoms with Crippen LogP contribution in [0, 0.1) is 13.8 Å². The normalized spacial score (nSPS) is 11.9. The lowest BCUT2D eigenvalue weighted by atomic mass is 10.0. The number of aromatic nitrogens is 1. The van der Waals surface area contributed by atoms with Gasteiger partial charge in [0.15, 0.2) is 0 Å². The van der Waals surface area contributed by atoms with Crippen molar-refractivity contribution in [2.24, 2.45) is 7.05 Å². The average Bonchev–Trinajstić information content (AvgIpc) is 2.98. The molecule has 0 saturated heterocycles. The summed E-state index contributed by atoms with van der Waals surface area (Å²) in [6.45, 7) is 5.75. The van der Waals surface area contributed by atoms with E-state index < -0.39 is 23.7 Å². The van der Waals surface area contributed by atoms with E-state index in [1.165, 1.54) is 0 Å². The Morgan fingerprint density at radius 2 is 1.70 bits per heavy atom. The Hall–Kier alpha value is -3.41. The van der Waals surface area contributed by atoms with Gasteiger partial charge < -0.3 is 14.6 Å². The van der Waals surface area contributed by atoms with E-state index in [2.05, 4.69) is 5.32 Å². The van der Waals surface area contributed by atoms with Crippen LogP contribution in [-0.2, 0) is 21.4 Å². The van der Waals surface area contributed by atoms with Gasteiger partial charge in [-0.2, -0.15) is 0 Å². The number of hydrogen-bond acceptors (Lipinski definition) is 4. The zero-order valence-electron chi connectivity index (χ0n) is 17.7. The molecule has 6 heteroatoms. The Labute approximate surface area is 175 Å². The number of ether oxygens (including phenoxy) is 1. The SMILES string of the molecule is CCOC(=O)CC(NC(=O)C(=O)c1c(C)n(C)c2ccccc12)c1ccc(C)cc1. The summed E-state index contributed by atoms with van der Waals surface area (Å²) in [6, 6.07) is 14.3. The Morgan fingerprint density at radius 1 is 1.03 bits per heavy atom. The average molecular weight is 406 g/mol. The molecule has 0 radical (unpaired) electrons. The van der Waals surface area contributed by atoms with Crippen molar-refractivity contribution < 1.29 is 19.1 Å². The van der Waals surface area contributed by atoms with Gasteiger partial charge in [-0.3, -0.25) is 14.4 Å². The maximum absolute atomic E-state index is 13.1. The van der Waals surface area contributed by atoms with Gasteiger partial charge in [-0.25, -0.2) is 0 Å². The van der Waals surface area contributed by atoms with E-state index in [1.807, 2.05) is 74.0 Å². The molecule has 6 nitrogen and oxygen atoms in total. The molecule has 0 fully saturated rings. The molecule has 2 aromatic carbocycles. The van der Waals surface area contributed by atoms with Crippen LogP contribution in [0.4, 0.5) is 0 Å². The van der Waals surface area contributed by atoms with E-state index in [0.29, 0.717) is 11.3 Å². The van der Waals surface area contributed by atoms with E-state index >= 15 is 0 Å². The monoisotopic (exact) mass is 406 g/mol.